The van der Waals surface area contributed by atoms with Crippen LogP contribution in [0, 0.1) is 0 Å². The second kappa shape index (κ2) is 7.78. The van der Waals surface area contributed by atoms with E-state index in [1.165, 1.54) is 7.11 Å². The molecule has 0 spiro atoms. The number of amides is 1. The second-order valence-electron chi connectivity index (χ2n) is 4.70. The van der Waals surface area contributed by atoms with Gasteiger partial charge in [-0.15, -0.1) is 0 Å². The third kappa shape index (κ3) is 4.56. The Labute approximate surface area is 142 Å². The zero-order chi connectivity index (χ0) is 16.8. The van der Waals surface area contributed by atoms with Crippen LogP contribution in [-0.2, 0) is 9.53 Å². The molecule has 1 amide bonds. The Kier molecular flexibility index (Phi) is 5.76. The van der Waals surface area contributed by atoms with Gasteiger partial charge in [-0.25, -0.2) is 4.79 Å². The number of carbonyl (C=O) groups excluding carboxylic acids is 2. The van der Waals surface area contributed by atoms with Gasteiger partial charge in [-0.3, -0.25) is 4.79 Å². The summed E-state index contributed by atoms with van der Waals surface area (Å²) in [5.74, 6) is -0.496. The SMILES string of the molecule is CC/C(=C\c1cccc(NC(=O)c2ccc(Br)o2)c1)C(=O)OC. The predicted molar refractivity (Wildman–Crippen MR) is 91.1 cm³/mol. The predicted octanol–water partition coefficient (Wildman–Crippen LogP) is 4.26. The first-order valence-corrected chi connectivity index (χ1v) is 7.78. The van der Waals surface area contributed by atoms with Crippen LogP contribution in [0.2, 0.25) is 0 Å². The van der Waals surface area contributed by atoms with Crippen molar-refractivity contribution >= 4 is 39.6 Å². The number of esters is 1. The standard InChI is InChI=1S/C17H16BrNO4/c1-3-12(17(21)22-2)9-11-5-4-6-13(10-11)19-16(20)14-7-8-15(18)23-14/h4-10H,3H2,1-2H3,(H,19,20)/b12-9+. The molecule has 120 valence electrons. The van der Waals surface area contributed by atoms with Crippen LogP contribution < -0.4 is 5.32 Å². The molecule has 2 rings (SSSR count). The van der Waals surface area contributed by atoms with E-state index in [2.05, 4.69) is 21.2 Å². The number of rotatable bonds is 5. The number of hydrogen-bond acceptors (Lipinski definition) is 4. The van der Waals surface area contributed by atoms with E-state index in [1.807, 2.05) is 13.0 Å². The molecular weight excluding hydrogens is 362 g/mol. The highest BCUT2D eigenvalue weighted by atomic mass is 79.9. The molecule has 2 aromatic rings. The molecule has 23 heavy (non-hydrogen) atoms. The minimum atomic E-state index is -0.359. The zero-order valence-corrected chi connectivity index (χ0v) is 14.3. The number of hydrogen-bond donors (Lipinski definition) is 1. The lowest BCUT2D eigenvalue weighted by molar-refractivity contribution is -0.136. The van der Waals surface area contributed by atoms with E-state index in [0.717, 1.165) is 5.56 Å². The van der Waals surface area contributed by atoms with Gasteiger partial charge < -0.3 is 14.5 Å². The number of ether oxygens (including phenoxy) is 1. The highest BCUT2D eigenvalue weighted by Crippen LogP contribution is 2.18. The van der Waals surface area contributed by atoms with Gasteiger partial charge in [0.2, 0.25) is 0 Å². The number of nitrogens with one attached hydrogen (secondary N) is 1. The maximum atomic E-state index is 12.1. The van der Waals surface area contributed by atoms with Crippen LogP contribution in [0.15, 0.2) is 51.1 Å². The molecule has 0 saturated heterocycles. The van der Waals surface area contributed by atoms with Gasteiger partial charge in [0, 0.05) is 11.3 Å². The van der Waals surface area contributed by atoms with Crippen molar-refractivity contribution in [1.82, 2.24) is 0 Å². The summed E-state index contributed by atoms with van der Waals surface area (Å²) >= 11 is 3.15. The van der Waals surface area contributed by atoms with Crippen LogP contribution >= 0.6 is 15.9 Å². The number of furan rings is 1. The smallest absolute Gasteiger partial charge is 0.333 e. The van der Waals surface area contributed by atoms with Gasteiger partial charge in [0.1, 0.15) is 0 Å². The molecule has 0 saturated carbocycles. The molecule has 0 bridgehead atoms. The molecule has 0 aliphatic carbocycles. The first-order valence-electron chi connectivity index (χ1n) is 6.99. The largest absolute Gasteiger partial charge is 0.466 e. The fourth-order valence-corrected chi connectivity index (χ4v) is 2.28. The molecule has 0 fully saturated rings. The van der Waals surface area contributed by atoms with Gasteiger partial charge in [0.05, 0.1) is 7.11 Å². The van der Waals surface area contributed by atoms with Crippen molar-refractivity contribution < 1.29 is 18.7 Å². The van der Waals surface area contributed by atoms with E-state index in [-0.39, 0.29) is 17.6 Å². The fraction of sp³-hybridized carbons (Fsp3) is 0.176. The Bertz CT molecular complexity index is 749. The summed E-state index contributed by atoms with van der Waals surface area (Å²) in [6.07, 6.45) is 2.30. The number of benzene rings is 1. The normalized spacial score (nSPS) is 11.2. The van der Waals surface area contributed by atoms with Crippen molar-refractivity contribution in [2.75, 3.05) is 12.4 Å². The lowest BCUT2D eigenvalue weighted by Crippen LogP contribution is -2.10. The second-order valence-corrected chi connectivity index (χ2v) is 5.48. The number of carbonyl (C=O) groups is 2. The van der Waals surface area contributed by atoms with E-state index < -0.39 is 0 Å². The van der Waals surface area contributed by atoms with E-state index in [4.69, 9.17) is 9.15 Å². The average Bonchev–Trinajstić information content (AvgIpc) is 2.99. The maximum Gasteiger partial charge on any atom is 0.333 e. The molecular formula is C17H16BrNO4. The Morgan fingerprint density at radius 1 is 1.30 bits per heavy atom. The Morgan fingerprint density at radius 3 is 2.70 bits per heavy atom. The summed E-state index contributed by atoms with van der Waals surface area (Å²) < 4.78 is 10.4. The molecule has 0 aliphatic heterocycles. The van der Waals surface area contributed by atoms with Crippen molar-refractivity contribution in [2.24, 2.45) is 0 Å². The van der Waals surface area contributed by atoms with Gasteiger partial charge in [-0.1, -0.05) is 19.1 Å². The van der Waals surface area contributed by atoms with Crippen molar-refractivity contribution in [1.29, 1.82) is 0 Å². The summed E-state index contributed by atoms with van der Waals surface area (Å²) in [7, 11) is 1.35. The summed E-state index contributed by atoms with van der Waals surface area (Å²) in [5.41, 5.74) is 1.97. The van der Waals surface area contributed by atoms with Gasteiger partial charge in [-0.05, 0) is 58.3 Å². The number of anilines is 1. The molecule has 5 nitrogen and oxygen atoms in total. The minimum absolute atomic E-state index is 0.210. The van der Waals surface area contributed by atoms with Crippen LogP contribution in [0.25, 0.3) is 6.08 Å². The topological polar surface area (TPSA) is 68.5 Å². The van der Waals surface area contributed by atoms with Crippen LogP contribution in [-0.4, -0.2) is 19.0 Å². The summed E-state index contributed by atoms with van der Waals surface area (Å²) in [4.78, 5) is 23.7. The van der Waals surface area contributed by atoms with E-state index in [0.29, 0.717) is 22.4 Å². The molecule has 0 unspecified atom stereocenters. The van der Waals surface area contributed by atoms with Gasteiger partial charge >= 0.3 is 5.97 Å². The molecule has 0 atom stereocenters. The summed E-state index contributed by atoms with van der Waals surface area (Å²) in [6.45, 7) is 1.88. The van der Waals surface area contributed by atoms with Crippen LogP contribution in [0.3, 0.4) is 0 Å². The van der Waals surface area contributed by atoms with Crippen molar-refractivity contribution in [3.8, 4) is 0 Å². The minimum Gasteiger partial charge on any atom is -0.466 e. The van der Waals surface area contributed by atoms with Crippen molar-refractivity contribution in [2.45, 2.75) is 13.3 Å². The Hall–Kier alpha value is -2.34. The molecule has 0 radical (unpaired) electrons. The van der Waals surface area contributed by atoms with Crippen LogP contribution in [0.1, 0.15) is 29.5 Å². The Morgan fingerprint density at radius 2 is 2.09 bits per heavy atom. The average molecular weight is 378 g/mol. The highest BCUT2D eigenvalue weighted by molar-refractivity contribution is 9.10. The quantitative estimate of drug-likeness (QED) is 0.624. The van der Waals surface area contributed by atoms with E-state index >= 15 is 0 Å². The fourth-order valence-electron chi connectivity index (χ4n) is 1.97. The lowest BCUT2D eigenvalue weighted by Gasteiger charge is -2.06. The first-order chi connectivity index (χ1) is 11.0. The van der Waals surface area contributed by atoms with Gasteiger partial charge in [0.25, 0.3) is 5.91 Å². The zero-order valence-electron chi connectivity index (χ0n) is 12.8. The van der Waals surface area contributed by atoms with Crippen molar-refractivity contribution in [3.63, 3.8) is 0 Å². The monoisotopic (exact) mass is 377 g/mol. The van der Waals surface area contributed by atoms with Gasteiger partial charge in [0.15, 0.2) is 10.4 Å². The molecule has 1 aromatic heterocycles. The summed E-state index contributed by atoms with van der Waals surface area (Å²) in [5, 5.41) is 2.75. The molecule has 0 aliphatic rings. The molecule has 1 heterocycles. The number of methoxy groups -OCH3 is 1. The highest BCUT2D eigenvalue weighted by Gasteiger charge is 2.11. The van der Waals surface area contributed by atoms with E-state index in [1.54, 1.807) is 36.4 Å². The summed E-state index contributed by atoms with van der Waals surface area (Å²) in [6, 6.07) is 10.4. The third-order valence-corrected chi connectivity index (χ3v) is 3.54. The van der Waals surface area contributed by atoms with Crippen molar-refractivity contribution in [3.05, 3.63) is 58.0 Å². The first kappa shape index (κ1) is 17.0. The Balaban J connectivity index is 2.18. The molecule has 1 aromatic carbocycles. The van der Waals surface area contributed by atoms with Crippen LogP contribution in [0.5, 0.6) is 0 Å². The van der Waals surface area contributed by atoms with Crippen LogP contribution in [0.4, 0.5) is 5.69 Å². The lowest BCUT2D eigenvalue weighted by atomic mass is 10.1. The molecule has 6 heteroatoms. The third-order valence-electron chi connectivity index (χ3n) is 3.11. The van der Waals surface area contributed by atoms with Gasteiger partial charge in [-0.2, -0.15) is 0 Å². The maximum absolute atomic E-state index is 12.1. The molecule has 1 N–H and O–H groups in total. The number of halogens is 1. The van der Waals surface area contributed by atoms with E-state index in [9.17, 15) is 9.59 Å².